The van der Waals surface area contributed by atoms with Gasteiger partial charge in [-0.1, -0.05) is 25.2 Å². The van der Waals surface area contributed by atoms with Gasteiger partial charge >= 0.3 is 0 Å². The van der Waals surface area contributed by atoms with E-state index < -0.39 is 0 Å². The molecule has 0 aromatic carbocycles. The Balaban J connectivity index is 2.79. The lowest BCUT2D eigenvalue weighted by Crippen LogP contribution is -2.25. The predicted octanol–water partition coefficient (Wildman–Crippen LogP) is 2.53. The molecule has 0 radical (unpaired) electrons. The maximum absolute atomic E-state index is 9.61. The third-order valence-electron chi connectivity index (χ3n) is 2.80. The van der Waals surface area contributed by atoms with Gasteiger partial charge in [0.25, 0.3) is 0 Å². The second-order valence-electron chi connectivity index (χ2n) is 3.97. The molecule has 0 fully saturated rings. The first-order chi connectivity index (χ1) is 5.52. The minimum atomic E-state index is -0.247. The highest BCUT2D eigenvalue weighted by Gasteiger charge is 2.25. The third kappa shape index (κ3) is 1.78. The van der Waals surface area contributed by atoms with Crippen molar-refractivity contribution in [3.05, 3.63) is 23.8 Å². The maximum Gasteiger partial charge on any atom is 0.0753 e. The Morgan fingerprint density at radius 3 is 2.75 bits per heavy atom. The van der Waals surface area contributed by atoms with Crippen molar-refractivity contribution in [1.29, 1.82) is 0 Å². The molecule has 0 heterocycles. The van der Waals surface area contributed by atoms with Crippen LogP contribution in [0.25, 0.3) is 0 Å². The third-order valence-corrected chi connectivity index (χ3v) is 2.80. The lowest BCUT2D eigenvalue weighted by molar-refractivity contribution is 0.161. The summed E-state index contributed by atoms with van der Waals surface area (Å²) in [5, 5.41) is 9.61. The van der Waals surface area contributed by atoms with E-state index in [0.29, 0.717) is 11.8 Å². The molecule has 0 aromatic heterocycles. The lowest BCUT2D eigenvalue weighted by atomic mass is 9.77. The zero-order valence-corrected chi connectivity index (χ0v) is 8.17. The molecule has 0 aliphatic heterocycles. The number of allylic oxidation sites excluding steroid dienone is 2. The van der Waals surface area contributed by atoms with Crippen molar-refractivity contribution < 1.29 is 5.11 Å². The zero-order chi connectivity index (χ0) is 9.30. The van der Waals surface area contributed by atoms with Crippen molar-refractivity contribution in [3.8, 4) is 0 Å². The number of hydrogen-bond donors (Lipinski definition) is 1. The van der Waals surface area contributed by atoms with Gasteiger partial charge in [-0.15, -0.1) is 0 Å². The summed E-state index contributed by atoms with van der Waals surface area (Å²) in [6, 6.07) is 0. The van der Waals surface area contributed by atoms with Crippen LogP contribution >= 0.6 is 0 Å². The van der Waals surface area contributed by atoms with E-state index in [1.54, 1.807) is 0 Å². The standard InChI is InChI=1S/C11H18O/c1-7(2)10-6-11(12)9(4)5-8(10)3/h5,8,10-12H,1,6H2,2-4H3/t8-,10?,11?/m0/s1. The van der Waals surface area contributed by atoms with E-state index in [1.165, 1.54) is 5.57 Å². The molecular formula is C11H18O. The zero-order valence-electron chi connectivity index (χ0n) is 8.17. The highest BCUT2D eigenvalue weighted by atomic mass is 16.3. The summed E-state index contributed by atoms with van der Waals surface area (Å²) in [4.78, 5) is 0. The summed E-state index contributed by atoms with van der Waals surface area (Å²) in [6.07, 6.45) is 2.76. The SMILES string of the molecule is C=C(C)C1CC(O)C(C)=C[C@@H]1C. The van der Waals surface area contributed by atoms with Gasteiger partial charge < -0.3 is 5.11 Å². The van der Waals surface area contributed by atoms with Crippen LogP contribution in [-0.4, -0.2) is 11.2 Å². The Labute approximate surface area is 74.8 Å². The predicted molar refractivity (Wildman–Crippen MR) is 51.8 cm³/mol. The summed E-state index contributed by atoms with van der Waals surface area (Å²) in [5.74, 6) is 0.995. The van der Waals surface area contributed by atoms with Crippen molar-refractivity contribution >= 4 is 0 Å². The summed E-state index contributed by atoms with van der Waals surface area (Å²) >= 11 is 0. The average molecular weight is 166 g/mol. The fourth-order valence-corrected chi connectivity index (χ4v) is 1.93. The minimum absolute atomic E-state index is 0.247. The fraction of sp³-hybridized carbons (Fsp3) is 0.636. The highest BCUT2D eigenvalue weighted by molar-refractivity contribution is 5.17. The number of aliphatic hydroxyl groups is 1. The molecular weight excluding hydrogens is 148 g/mol. The average Bonchev–Trinajstić information content (AvgIpc) is 1.96. The van der Waals surface area contributed by atoms with Gasteiger partial charge in [0.1, 0.15) is 0 Å². The molecule has 68 valence electrons. The van der Waals surface area contributed by atoms with Crippen molar-refractivity contribution in [1.82, 2.24) is 0 Å². The molecule has 1 N–H and O–H groups in total. The van der Waals surface area contributed by atoms with Crippen molar-refractivity contribution in [2.24, 2.45) is 11.8 Å². The molecule has 2 unspecified atom stereocenters. The Kier molecular flexibility index (Phi) is 2.73. The molecule has 1 aliphatic carbocycles. The van der Waals surface area contributed by atoms with Crippen LogP contribution < -0.4 is 0 Å². The Hall–Kier alpha value is -0.560. The van der Waals surface area contributed by atoms with E-state index in [-0.39, 0.29) is 6.10 Å². The molecule has 1 heteroatoms. The van der Waals surface area contributed by atoms with Gasteiger partial charge in [0, 0.05) is 0 Å². The topological polar surface area (TPSA) is 20.2 Å². The molecule has 1 aliphatic rings. The smallest absolute Gasteiger partial charge is 0.0753 e. The Bertz CT molecular complexity index is 215. The summed E-state index contributed by atoms with van der Waals surface area (Å²) in [5.41, 5.74) is 2.30. The number of hydrogen-bond acceptors (Lipinski definition) is 1. The van der Waals surface area contributed by atoms with Gasteiger partial charge in [-0.2, -0.15) is 0 Å². The van der Waals surface area contributed by atoms with Crippen LogP contribution in [0.3, 0.4) is 0 Å². The lowest BCUT2D eigenvalue weighted by Gasteiger charge is -2.30. The van der Waals surface area contributed by atoms with Gasteiger partial charge in [0.05, 0.1) is 6.10 Å². The van der Waals surface area contributed by atoms with Crippen molar-refractivity contribution in [3.63, 3.8) is 0 Å². The van der Waals surface area contributed by atoms with Crippen LogP contribution in [-0.2, 0) is 0 Å². The monoisotopic (exact) mass is 166 g/mol. The second-order valence-corrected chi connectivity index (χ2v) is 3.97. The van der Waals surface area contributed by atoms with Crippen molar-refractivity contribution in [2.45, 2.75) is 33.3 Å². The first kappa shape index (κ1) is 9.53. The van der Waals surface area contributed by atoms with Gasteiger partial charge in [0.15, 0.2) is 0 Å². The normalized spacial score (nSPS) is 36.0. The van der Waals surface area contributed by atoms with Gasteiger partial charge in [-0.3, -0.25) is 0 Å². The van der Waals surface area contributed by atoms with Gasteiger partial charge in [-0.25, -0.2) is 0 Å². The number of rotatable bonds is 1. The van der Waals surface area contributed by atoms with Crippen LogP contribution in [0.1, 0.15) is 27.2 Å². The Morgan fingerprint density at radius 1 is 1.67 bits per heavy atom. The second kappa shape index (κ2) is 3.44. The van der Waals surface area contributed by atoms with E-state index >= 15 is 0 Å². The summed E-state index contributed by atoms with van der Waals surface area (Å²) in [7, 11) is 0. The minimum Gasteiger partial charge on any atom is -0.389 e. The first-order valence-electron chi connectivity index (χ1n) is 4.54. The van der Waals surface area contributed by atoms with E-state index in [9.17, 15) is 5.11 Å². The van der Waals surface area contributed by atoms with Crippen LogP contribution in [0, 0.1) is 11.8 Å². The maximum atomic E-state index is 9.61. The molecule has 0 saturated heterocycles. The Morgan fingerprint density at radius 2 is 2.25 bits per heavy atom. The quantitative estimate of drug-likeness (QED) is 0.593. The molecule has 3 atom stereocenters. The summed E-state index contributed by atoms with van der Waals surface area (Å²) in [6.45, 7) is 10.2. The molecule has 0 bridgehead atoms. The van der Waals surface area contributed by atoms with Crippen LogP contribution in [0.2, 0.25) is 0 Å². The van der Waals surface area contributed by atoms with Crippen LogP contribution in [0.15, 0.2) is 23.8 Å². The highest BCUT2D eigenvalue weighted by Crippen LogP contribution is 2.32. The van der Waals surface area contributed by atoms with E-state index in [1.807, 2.05) is 13.8 Å². The molecule has 0 saturated carbocycles. The van der Waals surface area contributed by atoms with Gasteiger partial charge in [-0.05, 0) is 37.7 Å². The molecule has 0 amide bonds. The molecule has 1 rings (SSSR count). The van der Waals surface area contributed by atoms with E-state index in [0.717, 1.165) is 12.0 Å². The van der Waals surface area contributed by atoms with Crippen LogP contribution in [0.4, 0.5) is 0 Å². The first-order valence-corrected chi connectivity index (χ1v) is 4.54. The molecule has 12 heavy (non-hydrogen) atoms. The molecule has 0 aromatic rings. The summed E-state index contributed by atoms with van der Waals surface area (Å²) < 4.78 is 0. The largest absolute Gasteiger partial charge is 0.389 e. The van der Waals surface area contributed by atoms with Gasteiger partial charge in [0.2, 0.25) is 0 Å². The van der Waals surface area contributed by atoms with E-state index in [2.05, 4.69) is 19.6 Å². The molecule has 0 spiro atoms. The van der Waals surface area contributed by atoms with Crippen molar-refractivity contribution in [2.75, 3.05) is 0 Å². The number of aliphatic hydroxyl groups excluding tert-OH is 1. The molecule has 1 nitrogen and oxygen atoms in total. The van der Waals surface area contributed by atoms with E-state index in [4.69, 9.17) is 0 Å². The fourth-order valence-electron chi connectivity index (χ4n) is 1.93. The van der Waals surface area contributed by atoms with Crippen LogP contribution in [0.5, 0.6) is 0 Å².